The molecule has 4 rings (SSSR count). The lowest BCUT2D eigenvalue weighted by Gasteiger charge is -2.20. The van der Waals surface area contributed by atoms with Crippen molar-refractivity contribution in [3.63, 3.8) is 0 Å². The number of hydrogen-bond donors (Lipinski definition) is 5. The van der Waals surface area contributed by atoms with E-state index in [4.69, 9.17) is 29.7 Å². The minimum Gasteiger partial charge on any atom is -0.394 e. The molecule has 2 fully saturated rings. The Labute approximate surface area is 144 Å². The van der Waals surface area contributed by atoms with Crippen molar-refractivity contribution in [2.24, 2.45) is 0 Å². The van der Waals surface area contributed by atoms with Crippen molar-refractivity contribution in [1.82, 2.24) is 19.5 Å². The molecule has 0 saturated carbocycles. The molecule has 2 aromatic rings. The normalized spacial score (nSPS) is 31.6. The third-order valence-corrected chi connectivity index (χ3v) is 4.97. The van der Waals surface area contributed by atoms with Crippen molar-refractivity contribution in [2.75, 3.05) is 18.5 Å². The highest BCUT2D eigenvalue weighted by Crippen LogP contribution is 2.44. The van der Waals surface area contributed by atoms with Gasteiger partial charge in [0, 0.05) is 0 Å². The van der Waals surface area contributed by atoms with Gasteiger partial charge in [-0.2, -0.15) is 4.98 Å². The van der Waals surface area contributed by atoms with Crippen LogP contribution >= 0.6 is 7.60 Å². The third kappa shape index (κ3) is 2.93. The van der Waals surface area contributed by atoms with Crippen LogP contribution < -0.4 is 11.3 Å². The van der Waals surface area contributed by atoms with Gasteiger partial charge in [0.25, 0.3) is 5.56 Å². The summed E-state index contributed by atoms with van der Waals surface area (Å²) < 4.78 is 29.4. The number of rotatable bonds is 4. The number of imidazole rings is 1. The summed E-state index contributed by atoms with van der Waals surface area (Å²) in [7, 11) is -4.36. The van der Waals surface area contributed by atoms with E-state index in [-0.39, 0.29) is 17.1 Å². The minimum absolute atomic E-state index is 0.0393. The summed E-state index contributed by atoms with van der Waals surface area (Å²) in [6.45, 7) is -0.396. The summed E-state index contributed by atoms with van der Waals surface area (Å²) in [6, 6.07) is 0. The van der Waals surface area contributed by atoms with Crippen LogP contribution in [0.1, 0.15) is 6.23 Å². The van der Waals surface area contributed by atoms with Crippen LogP contribution in [0.15, 0.2) is 11.1 Å². The van der Waals surface area contributed by atoms with Gasteiger partial charge in [-0.1, -0.05) is 0 Å². The molecule has 13 nitrogen and oxygen atoms in total. The van der Waals surface area contributed by atoms with Gasteiger partial charge < -0.3 is 34.8 Å². The maximum absolute atomic E-state index is 11.9. The molecule has 0 aromatic carbocycles. The summed E-state index contributed by atoms with van der Waals surface area (Å²) >= 11 is 0. The summed E-state index contributed by atoms with van der Waals surface area (Å²) in [5.41, 5.74) is 5.23. The smallest absolute Gasteiger partial charge is 0.330 e. The lowest BCUT2D eigenvalue weighted by Crippen LogP contribution is -2.31. The fourth-order valence-corrected chi connectivity index (χ4v) is 3.74. The van der Waals surface area contributed by atoms with Crippen molar-refractivity contribution in [1.29, 1.82) is 0 Å². The van der Waals surface area contributed by atoms with Gasteiger partial charge in [0.1, 0.15) is 24.5 Å². The van der Waals surface area contributed by atoms with E-state index < -0.39 is 56.8 Å². The minimum atomic E-state index is -4.36. The van der Waals surface area contributed by atoms with E-state index in [1.165, 1.54) is 10.9 Å². The lowest BCUT2D eigenvalue weighted by molar-refractivity contribution is -0.143. The second-order valence-electron chi connectivity index (χ2n) is 6.00. The Morgan fingerprint density at radius 2 is 2.04 bits per heavy atom. The first-order valence-electron chi connectivity index (χ1n) is 7.61. The largest absolute Gasteiger partial charge is 0.394 e. The molecular formula is C12H16N5O8P. The van der Waals surface area contributed by atoms with Crippen molar-refractivity contribution < 1.29 is 33.7 Å². The molecule has 5 atom stereocenters. The highest BCUT2D eigenvalue weighted by molar-refractivity contribution is 7.51. The van der Waals surface area contributed by atoms with Gasteiger partial charge in [0.15, 0.2) is 23.7 Å². The van der Waals surface area contributed by atoms with Crippen molar-refractivity contribution in [3.05, 3.63) is 16.7 Å². The average Bonchev–Trinajstić information content (AvgIpc) is 3.18. The fraction of sp³-hybridized carbons (Fsp3) is 0.583. The maximum Gasteiger partial charge on any atom is 0.330 e. The third-order valence-electron chi connectivity index (χ3n) is 4.19. The summed E-state index contributed by atoms with van der Waals surface area (Å²) in [5.74, 6) is -0.111. The predicted octanol–water partition coefficient (Wildman–Crippen LogP) is -2.12. The number of H-pyrrole nitrogens is 1. The predicted molar refractivity (Wildman–Crippen MR) is 84.0 cm³/mol. The van der Waals surface area contributed by atoms with E-state index in [1.54, 1.807) is 0 Å². The maximum atomic E-state index is 11.9. The summed E-state index contributed by atoms with van der Waals surface area (Å²) in [5, 5.41) is 9.52. The number of hydrogen-bond acceptors (Lipinski definition) is 9. The molecule has 0 aliphatic carbocycles. The topological polar surface area (TPSA) is 195 Å². The number of nitrogens with zero attached hydrogens (tertiary/aromatic N) is 3. The molecule has 6 N–H and O–H groups in total. The second-order valence-corrected chi connectivity index (χ2v) is 7.70. The Morgan fingerprint density at radius 1 is 1.31 bits per heavy atom. The molecule has 1 unspecified atom stereocenters. The van der Waals surface area contributed by atoms with Gasteiger partial charge in [-0.25, -0.2) is 4.98 Å². The number of aliphatic hydroxyl groups is 1. The zero-order valence-corrected chi connectivity index (χ0v) is 14.0. The Hall–Kier alpha value is -1.86. The Bertz CT molecular complexity index is 939. The molecule has 2 saturated heterocycles. The fourth-order valence-electron chi connectivity index (χ4n) is 3.18. The average molecular weight is 389 g/mol. The number of anilines is 1. The van der Waals surface area contributed by atoms with E-state index >= 15 is 0 Å². The van der Waals surface area contributed by atoms with E-state index in [2.05, 4.69) is 15.0 Å². The first-order chi connectivity index (χ1) is 12.3. The number of aromatic amines is 1. The van der Waals surface area contributed by atoms with Gasteiger partial charge in [0.2, 0.25) is 5.95 Å². The van der Waals surface area contributed by atoms with Crippen molar-refractivity contribution >= 4 is 24.7 Å². The monoisotopic (exact) mass is 389 g/mol. The van der Waals surface area contributed by atoms with Crippen LogP contribution in [-0.2, 0) is 18.8 Å². The molecule has 26 heavy (non-hydrogen) atoms. The van der Waals surface area contributed by atoms with Crippen LogP contribution in [0.25, 0.3) is 11.2 Å². The number of aromatic nitrogens is 4. The molecule has 0 radical (unpaired) electrons. The van der Waals surface area contributed by atoms with E-state index in [0.29, 0.717) is 0 Å². The molecule has 2 aromatic heterocycles. The van der Waals surface area contributed by atoms with E-state index in [0.717, 1.165) is 0 Å². The number of fused-ring (bicyclic) bond motifs is 2. The molecule has 14 heteroatoms. The lowest BCUT2D eigenvalue weighted by atomic mass is 10.1. The first kappa shape index (κ1) is 17.5. The molecular weight excluding hydrogens is 373 g/mol. The molecule has 4 heterocycles. The highest BCUT2D eigenvalue weighted by Gasteiger charge is 2.54. The summed E-state index contributed by atoms with van der Waals surface area (Å²) in [6.07, 6.45) is -3.67. The van der Waals surface area contributed by atoms with E-state index in [9.17, 15) is 14.5 Å². The van der Waals surface area contributed by atoms with Crippen molar-refractivity contribution in [3.8, 4) is 0 Å². The van der Waals surface area contributed by atoms with Crippen molar-refractivity contribution in [2.45, 2.75) is 30.8 Å². The van der Waals surface area contributed by atoms with Gasteiger partial charge in [-0.05, 0) is 0 Å². The van der Waals surface area contributed by atoms with Crippen LogP contribution in [0.2, 0.25) is 0 Å². The quantitative estimate of drug-likeness (QED) is 0.359. The Balaban J connectivity index is 1.69. The zero-order valence-electron chi connectivity index (χ0n) is 13.1. The Morgan fingerprint density at radius 3 is 2.73 bits per heavy atom. The van der Waals surface area contributed by atoms with Gasteiger partial charge in [-0.3, -0.25) is 18.9 Å². The standard InChI is InChI=1S/C12H16N5O8P/c13-12-15-9-6(10(19)16-12)14-3-17(9)11-8-7(4(1-18)23-11)24-5(25-8)2-26(20,21)22/h3-5,7-8,11,18H,1-2H2,(H2,20,21,22)(H3,13,15,16,19)/t4-,5-,7+,8?,11-/m1/s1. The molecule has 2 aliphatic rings. The number of nitrogens with two attached hydrogens (primary N) is 1. The number of nitrogens with one attached hydrogen (secondary N) is 1. The number of aliphatic hydroxyl groups excluding tert-OH is 1. The molecule has 0 amide bonds. The Kier molecular flexibility index (Phi) is 4.11. The van der Waals surface area contributed by atoms with Gasteiger partial charge >= 0.3 is 7.60 Å². The van der Waals surface area contributed by atoms with Crippen LogP contribution in [0.4, 0.5) is 5.95 Å². The molecule has 2 aliphatic heterocycles. The SMILES string of the molecule is Nc1nc2c(ncn2[C@@H]2O[C@H](CO)[C@@H]3O[C@@H](CP(=O)(O)O)OC32)c(=O)[nH]1. The molecule has 0 bridgehead atoms. The van der Waals surface area contributed by atoms with Gasteiger partial charge in [-0.15, -0.1) is 0 Å². The second kappa shape index (κ2) is 6.09. The van der Waals surface area contributed by atoms with Crippen LogP contribution in [0.5, 0.6) is 0 Å². The van der Waals surface area contributed by atoms with Crippen LogP contribution in [-0.4, -0.2) is 71.8 Å². The number of ether oxygens (including phenoxy) is 3. The summed E-state index contributed by atoms with van der Waals surface area (Å²) in [4.78, 5) is 40.5. The van der Waals surface area contributed by atoms with Crippen LogP contribution in [0.3, 0.4) is 0 Å². The first-order valence-corrected chi connectivity index (χ1v) is 9.41. The highest BCUT2D eigenvalue weighted by atomic mass is 31.2. The van der Waals surface area contributed by atoms with Gasteiger partial charge in [0.05, 0.1) is 12.9 Å². The number of nitrogen functional groups attached to an aromatic ring is 1. The van der Waals surface area contributed by atoms with Crippen LogP contribution in [0, 0.1) is 0 Å². The molecule has 0 spiro atoms. The molecule has 142 valence electrons. The van der Waals surface area contributed by atoms with E-state index in [1.807, 2.05) is 0 Å². The zero-order chi connectivity index (χ0) is 18.6.